The minimum Gasteiger partial charge on any atom is -0.507 e. The van der Waals surface area contributed by atoms with Gasteiger partial charge in [0, 0.05) is 31.6 Å². The van der Waals surface area contributed by atoms with E-state index in [0.717, 1.165) is 0 Å². The first-order valence-corrected chi connectivity index (χ1v) is 6.79. The molecule has 0 saturated heterocycles. The summed E-state index contributed by atoms with van der Waals surface area (Å²) in [5, 5.41) is 10.2. The summed E-state index contributed by atoms with van der Waals surface area (Å²) in [5.41, 5.74) is 5.64. The Labute approximate surface area is 128 Å². The highest BCUT2D eigenvalue weighted by Gasteiger charge is 2.19. The van der Waals surface area contributed by atoms with Crippen molar-refractivity contribution in [2.24, 2.45) is 5.73 Å². The summed E-state index contributed by atoms with van der Waals surface area (Å²) in [6.07, 6.45) is 0.416. The van der Waals surface area contributed by atoms with E-state index in [9.17, 15) is 9.90 Å². The molecule has 1 amide bonds. The Bertz CT molecular complexity index is 497. The number of rotatable bonds is 7. The van der Waals surface area contributed by atoms with Crippen molar-refractivity contribution in [3.05, 3.63) is 28.8 Å². The summed E-state index contributed by atoms with van der Waals surface area (Å²) in [7, 11) is 1.55. The largest absolute Gasteiger partial charge is 0.507 e. The third kappa shape index (κ3) is 4.96. The standard InChI is InChI=1S/C13H17ClN2O3S/c1-19-7-6-16(5-4-12(15)20)13(18)10-3-2-9(14)8-11(10)17/h2-3,8,17H,4-7H2,1H3,(H2,15,20). The van der Waals surface area contributed by atoms with E-state index in [0.29, 0.717) is 36.1 Å². The monoisotopic (exact) mass is 316 g/mol. The second kappa shape index (κ2) is 8.04. The molecule has 0 radical (unpaired) electrons. The number of halogens is 1. The molecule has 0 unspecified atom stereocenters. The first-order chi connectivity index (χ1) is 9.45. The van der Waals surface area contributed by atoms with Gasteiger partial charge in [-0.3, -0.25) is 4.79 Å². The minimum atomic E-state index is -0.313. The van der Waals surface area contributed by atoms with Crippen molar-refractivity contribution < 1.29 is 14.6 Å². The smallest absolute Gasteiger partial charge is 0.257 e. The molecule has 0 aliphatic rings. The van der Waals surface area contributed by atoms with Gasteiger partial charge in [0.15, 0.2) is 0 Å². The van der Waals surface area contributed by atoms with Gasteiger partial charge in [0.2, 0.25) is 0 Å². The fourth-order valence-electron chi connectivity index (χ4n) is 1.62. The maximum Gasteiger partial charge on any atom is 0.257 e. The highest BCUT2D eigenvalue weighted by Crippen LogP contribution is 2.23. The van der Waals surface area contributed by atoms with Crippen molar-refractivity contribution in [2.45, 2.75) is 6.42 Å². The van der Waals surface area contributed by atoms with Gasteiger partial charge < -0.3 is 20.5 Å². The van der Waals surface area contributed by atoms with Crippen LogP contribution in [0.2, 0.25) is 5.02 Å². The third-order valence-electron chi connectivity index (χ3n) is 2.67. The molecule has 0 spiro atoms. The summed E-state index contributed by atoms with van der Waals surface area (Å²) >= 11 is 10.6. The van der Waals surface area contributed by atoms with E-state index in [2.05, 4.69) is 0 Å². The Balaban J connectivity index is 2.87. The highest BCUT2D eigenvalue weighted by molar-refractivity contribution is 7.80. The first kappa shape index (κ1) is 16.7. The molecule has 0 atom stereocenters. The van der Waals surface area contributed by atoms with E-state index in [-0.39, 0.29) is 17.2 Å². The van der Waals surface area contributed by atoms with E-state index in [4.69, 9.17) is 34.3 Å². The van der Waals surface area contributed by atoms with Crippen molar-refractivity contribution in [3.8, 4) is 5.75 Å². The number of ether oxygens (including phenoxy) is 1. The van der Waals surface area contributed by atoms with Crippen LogP contribution in [0.1, 0.15) is 16.8 Å². The lowest BCUT2D eigenvalue weighted by Crippen LogP contribution is -2.36. The number of hydrogen-bond acceptors (Lipinski definition) is 4. The summed E-state index contributed by atoms with van der Waals surface area (Å²) < 4.78 is 4.97. The van der Waals surface area contributed by atoms with E-state index in [1.807, 2.05) is 0 Å². The summed E-state index contributed by atoms with van der Waals surface area (Å²) in [6.45, 7) is 1.15. The maximum absolute atomic E-state index is 12.4. The van der Waals surface area contributed by atoms with Crippen molar-refractivity contribution >= 4 is 34.7 Å². The summed E-state index contributed by atoms with van der Waals surface area (Å²) in [4.78, 5) is 14.2. The molecule has 3 N–H and O–H groups in total. The highest BCUT2D eigenvalue weighted by atomic mass is 35.5. The number of methoxy groups -OCH3 is 1. The number of nitrogens with zero attached hydrogens (tertiary/aromatic N) is 1. The van der Waals surface area contributed by atoms with Gasteiger partial charge in [-0.05, 0) is 18.2 Å². The van der Waals surface area contributed by atoms with E-state index < -0.39 is 0 Å². The van der Waals surface area contributed by atoms with Gasteiger partial charge in [-0.15, -0.1) is 0 Å². The number of aromatic hydroxyl groups is 1. The van der Waals surface area contributed by atoms with E-state index in [1.165, 1.54) is 17.0 Å². The second-order valence-corrected chi connectivity index (χ2v) is 5.12. The lowest BCUT2D eigenvalue weighted by Gasteiger charge is -2.22. The molecule has 0 saturated carbocycles. The van der Waals surface area contributed by atoms with Crippen molar-refractivity contribution in [1.82, 2.24) is 4.90 Å². The third-order valence-corrected chi connectivity index (χ3v) is 3.11. The zero-order chi connectivity index (χ0) is 15.1. The van der Waals surface area contributed by atoms with Crippen molar-refractivity contribution in [3.63, 3.8) is 0 Å². The van der Waals surface area contributed by atoms with E-state index >= 15 is 0 Å². The molecule has 110 valence electrons. The quantitative estimate of drug-likeness (QED) is 0.750. The molecule has 1 rings (SSSR count). The second-order valence-electron chi connectivity index (χ2n) is 4.16. The number of nitrogens with two attached hydrogens (primary N) is 1. The molecule has 0 aromatic heterocycles. The zero-order valence-corrected chi connectivity index (χ0v) is 12.7. The molecular weight excluding hydrogens is 300 g/mol. The molecule has 0 bridgehead atoms. The van der Waals surface area contributed by atoms with Gasteiger partial charge in [0.25, 0.3) is 5.91 Å². The average molecular weight is 317 g/mol. The van der Waals surface area contributed by atoms with Gasteiger partial charge in [-0.25, -0.2) is 0 Å². The van der Waals surface area contributed by atoms with Crippen LogP contribution in [0.25, 0.3) is 0 Å². The van der Waals surface area contributed by atoms with Gasteiger partial charge in [0.1, 0.15) is 5.75 Å². The number of phenolic OH excluding ortho intramolecular Hbond substituents is 1. The van der Waals surface area contributed by atoms with Gasteiger partial charge in [-0.2, -0.15) is 0 Å². The number of carbonyl (C=O) groups excluding carboxylic acids is 1. The van der Waals surface area contributed by atoms with Crippen LogP contribution in [0.15, 0.2) is 18.2 Å². The van der Waals surface area contributed by atoms with Crippen LogP contribution in [0, 0.1) is 0 Å². The molecule has 5 nitrogen and oxygen atoms in total. The van der Waals surface area contributed by atoms with E-state index in [1.54, 1.807) is 13.2 Å². The number of amides is 1. The minimum absolute atomic E-state index is 0.153. The first-order valence-electron chi connectivity index (χ1n) is 6.00. The Morgan fingerprint density at radius 2 is 2.20 bits per heavy atom. The van der Waals surface area contributed by atoms with Crippen molar-refractivity contribution in [2.75, 3.05) is 26.8 Å². The molecule has 1 aromatic carbocycles. The molecule has 7 heteroatoms. The van der Waals surface area contributed by atoms with Crippen LogP contribution in [0.3, 0.4) is 0 Å². The molecule has 0 fully saturated rings. The fraction of sp³-hybridized carbons (Fsp3) is 0.385. The molecule has 20 heavy (non-hydrogen) atoms. The normalized spacial score (nSPS) is 10.3. The number of phenols is 1. The number of hydrogen-bond donors (Lipinski definition) is 2. The SMILES string of the molecule is COCCN(CCC(N)=S)C(=O)c1ccc(Cl)cc1O. The van der Waals surface area contributed by atoms with Crippen molar-refractivity contribution in [1.29, 1.82) is 0 Å². The van der Waals surface area contributed by atoms with Crippen LogP contribution in [-0.2, 0) is 4.74 Å². The Morgan fingerprint density at radius 3 is 2.75 bits per heavy atom. The number of thiocarbonyl (C=S) groups is 1. The zero-order valence-electron chi connectivity index (χ0n) is 11.1. The van der Waals surface area contributed by atoms with Crippen LogP contribution in [-0.4, -0.2) is 47.7 Å². The Hall–Kier alpha value is -1.37. The van der Waals surface area contributed by atoms with Crippen LogP contribution >= 0.6 is 23.8 Å². The average Bonchev–Trinajstić information content (AvgIpc) is 2.38. The predicted octanol–water partition coefficient (Wildman–Crippen LogP) is 1.81. The number of carbonyl (C=O) groups is 1. The lowest BCUT2D eigenvalue weighted by molar-refractivity contribution is 0.0698. The van der Waals surface area contributed by atoms with Crippen LogP contribution in [0.5, 0.6) is 5.75 Å². The number of benzene rings is 1. The Morgan fingerprint density at radius 1 is 1.50 bits per heavy atom. The summed E-state index contributed by atoms with van der Waals surface area (Å²) in [5.74, 6) is -0.465. The van der Waals surface area contributed by atoms with Gasteiger partial charge in [0.05, 0.1) is 17.2 Å². The van der Waals surface area contributed by atoms with Gasteiger partial charge in [-0.1, -0.05) is 23.8 Å². The Kier molecular flexibility index (Phi) is 6.70. The molecule has 0 aliphatic heterocycles. The molecule has 0 aliphatic carbocycles. The van der Waals surface area contributed by atoms with Crippen LogP contribution in [0.4, 0.5) is 0 Å². The topological polar surface area (TPSA) is 75.8 Å². The maximum atomic E-state index is 12.4. The molecule has 1 aromatic rings. The van der Waals surface area contributed by atoms with Gasteiger partial charge >= 0.3 is 0 Å². The molecule has 0 heterocycles. The summed E-state index contributed by atoms with van der Waals surface area (Å²) in [6, 6.07) is 4.37. The predicted molar refractivity (Wildman–Crippen MR) is 82.3 cm³/mol. The molecular formula is C13H17ClN2O3S. The van der Waals surface area contributed by atoms with Crippen LogP contribution < -0.4 is 5.73 Å². The fourth-order valence-corrected chi connectivity index (χ4v) is 1.88. The lowest BCUT2D eigenvalue weighted by atomic mass is 10.1.